The van der Waals surface area contributed by atoms with Crippen LogP contribution in [-0.2, 0) is 9.53 Å². The second-order valence-corrected chi connectivity index (χ2v) is 5.98. The highest BCUT2D eigenvalue weighted by atomic mass is 127. The Bertz CT molecular complexity index is 580. The molecule has 1 aliphatic heterocycles. The average molecular weight is 426 g/mol. The molecule has 1 unspecified atom stereocenters. The summed E-state index contributed by atoms with van der Waals surface area (Å²) in [5.41, 5.74) is 0.314. The predicted molar refractivity (Wildman–Crippen MR) is 84.0 cm³/mol. The number of hydrogen-bond donors (Lipinski definition) is 1. The summed E-state index contributed by atoms with van der Waals surface area (Å²) in [7, 11) is 1.47. The van der Waals surface area contributed by atoms with Gasteiger partial charge < -0.3 is 19.5 Å². The third-order valence-corrected chi connectivity index (χ3v) is 4.63. The topological polar surface area (TPSA) is 76.1 Å². The molecule has 1 atom stereocenters. The van der Waals surface area contributed by atoms with Gasteiger partial charge in [0.1, 0.15) is 5.75 Å². The maximum absolute atomic E-state index is 12.5. The third-order valence-electron chi connectivity index (χ3n) is 3.10. The molecule has 1 heterocycles. The first-order chi connectivity index (χ1) is 9.93. The highest BCUT2D eigenvalue weighted by Crippen LogP contribution is 2.29. The van der Waals surface area contributed by atoms with Crippen LogP contribution in [0.5, 0.6) is 5.75 Å². The molecule has 1 N–H and O–H groups in total. The van der Waals surface area contributed by atoms with Crippen LogP contribution in [0, 0.1) is 3.57 Å². The zero-order valence-electron chi connectivity index (χ0n) is 11.1. The van der Waals surface area contributed by atoms with Gasteiger partial charge in [0.15, 0.2) is 6.10 Å². The van der Waals surface area contributed by atoms with Crippen molar-refractivity contribution in [1.82, 2.24) is 4.90 Å². The number of rotatable bonds is 3. The van der Waals surface area contributed by atoms with Gasteiger partial charge in [-0.25, -0.2) is 4.79 Å². The molecule has 0 bridgehead atoms. The fourth-order valence-electron chi connectivity index (χ4n) is 2.02. The molecule has 2 rings (SSSR count). The lowest BCUT2D eigenvalue weighted by Crippen LogP contribution is -2.48. The summed E-state index contributed by atoms with van der Waals surface area (Å²) in [5.74, 6) is -0.994. The van der Waals surface area contributed by atoms with E-state index in [-0.39, 0.29) is 19.1 Å². The molecular weight excluding hydrogens is 413 g/mol. The van der Waals surface area contributed by atoms with E-state index in [9.17, 15) is 9.59 Å². The number of carboxylic acids is 1. The van der Waals surface area contributed by atoms with E-state index in [1.807, 2.05) is 22.6 Å². The van der Waals surface area contributed by atoms with E-state index in [1.165, 1.54) is 18.1 Å². The summed E-state index contributed by atoms with van der Waals surface area (Å²) in [4.78, 5) is 25.0. The number of hydrogen-bond acceptors (Lipinski definition) is 4. The number of carboxylic acid groups (broad SMARTS) is 1. The predicted octanol–water partition coefficient (Wildman–Crippen LogP) is 1.88. The summed E-state index contributed by atoms with van der Waals surface area (Å²) in [6.07, 6.45) is -1.01. The van der Waals surface area contributed by atoms with Crippen LogP contribution in [0.15, 0.2) is 12.1 Å². The molecule has 1 fully saturated rings. The molecule has 0 aliphatic carbocycles. The van der Waals surface area contributed by atoms with Crippen molar-refractivity contribution in [1.29, 1.82) is 0 Å². The SMILES string of the molecule is COc1cc(I)c(Cl)cc1C(=O)N1CCOC(C(=O)O)C1. The first kappa shape index (κ1) is 16.3. The van der Waals surface area contributed by atoms with E-state index in [4.69, 9.17) is 26.2 Å². The minimum Gasteiger partial charge on any atom is -0.496 e. The first-order valence-electron chi connectivity index (χ1n) is 6.10. The number of methoxy groups -OCH3 is 1. The largest absolute Gasteiger partial charge is 0.496 e. The van der Waals surface area contributed by atoms with Crippen LogP contribution in [0.2, 0.25) is 5.02 Å². The number of ether oxygens (including phenoxy) is 2. The molecule has 0 saturated carbocycles. The van der Waals surface area contributed by atoms with Gasteiger partial charge in [-0.05, 0) is 34.7 Å². The summed E-state index contributed by atoms with van der Waals surface area (Å²) >= 11 is 8.10. The van der Waals surface area contributed by atoms with Gasteiger partial charge in [-0.15, -0.1) is 0 Å². The van der Waals surface area contributed by atoms with E-state index >= 15 is 0 Å². The second kappa shape index (κ2) is 6.80. The molecule has 1 amide bonds. The molecule has 8 heteroatoms. The molecular formula is C13H13ClINO5. The summed E-state index contributed by atoms with van der Waals surface area (Å²) in [6.45, 7) is 0.513. The lowest BCUT2D eigenvalue weighted by atomic mass is 10.1. The van der Waals surface area contributed by atoms with Crippen molar-refractivity contribution < 1.29 is 24.2 Å². The van der Waals surface area contributed by atoms with Crippen molar-refractivity contribution in [2.75, 3.05) is 26.8 Å². The minimum atomic E-state index is -1.08. The van der Waals surface area contributed by atoms with Crippen LogP contribution < -0.4 is 4.74 Å². The quantitative estimate of drug-likeness (QED) is 0.749. The normalized spacial score (nSPS) is 18.4. The smallest absolute Gasteiger partial charge is 0.334 e. The number of morpholine rings is 1. The first-order valence-corrected chi connectivity index (χ1v) is 7.56. The van der Waals surface area contributed by atoms with Crippen LogP contribution in [0.25, 0.3) is 0 Å². The molecule has 1 saturated heterocycles. The van der Waals surface area contributed by atoms with Gasteiger partial charge in [0.05, 0.1) is 30.8 Å². The van der Waals surface area contributed by atoms with Crippen LogP contribution in [0.3, 0.4) is 0 Å². The summed E-state index contributed by atoms with van der Waals surface area (Å²) in [5, 5.41) is 9.43. The number of amides is 1. The van der Waals surface area contributed by atoms with E-state index in [0.717, 1.165) is 3.57 Å². The zero-order chi connectivity index (χ0) is 15.6. The van der Waals surface area contributed by atoms with Gasteiger partial charge in [-0.2, -0.15) is 0 Å². The Balaban J connectivity index is 2.27. The van der Waals surface area contributed by atoms with E-state index in [0.29, 0.717) is 22.9 Å². The summed E-state index contributed by atoms with van der Waals surface area (Å²) in [6, 6.07) is 3.21. The number of carbonyl (C=O) groups excluding carboxylic acids is 1. The van der Waals surface area contributed by atoms with Crippen LogP contribution in [-0.4, -0.2) is 54.8 Å². The lowest BCUT2D eigenvalue weighted by Gasteiger charge is -2.31. The second-order valence-electron chi connectivity index (χ2n) is 4.42. The van der Waals surface area contributed by atoms with Crippen molar-refractivity contribution in [3.05, 3.63) is 26.3 Å². The van der Waals surface area contributed by atoms with E-state index < -0.39 is 12.1 Å². The highest BCUT2D eigenvalue weighted by Gasteiger charge is 2.30. The van der Waals surface area contributed by atoms with Gasteiger partial charge in [0, 0.05) is 10.1 Å². The molecule has 1 aromatic rings. The standard InChI is InChI=1S/C13H13ClINO5/c1-20-10-5-9(15)8(14)4-7(10)12(17)16-2-3-21-11(6-16)13(18)19/h4-5,11H,2-3,6H2,1H3,(H,18,19). The molecule has 0 spiro atoms. The van der Waals surface area contributed by atoms with Crippen molar-refractivity contribution in [2.45, 2.75) is 6.10 Å². The minimum absolute atomic E-state index is 0.000919. The Morgan fingerprint density at radius 2 is 2.24 bits per heavy atom. The maximum Gasteiger partial charge on any atom is 0.334 e. The van der Waals surface area contributed by atoms with Crippen LogP contribution >= 0.6 is 34.2 Å². The van der Waals surface area contributed by atoms with Gasteiger partial charge in [0.2, 0.25) is 0 Å². The number of nitrogens with zero attached hydrogens (tertiary/aromatic N) is 1. The zero-order valence-corrected chi connectivity index (χ0v) is 14.1. The Kier molecular flexibility index (Phi) is 5.28. The monoisotopic (exact) mass is 425 g/mol. The lowest BCUT2D eigenvalue weighted by molar-refractivity contribution is -0.154. The molecule has 114 valence electrons. The Morgan fingerprint density at radius 3 is 2.86 bits per heavy atom. The van der Waals surface area contributed by atoms with Crippen molar-refractivity contribution in [2.24, 2.45) is 0 Å². The number of benzene rings is 1. The number of aliphatic carboxylic acids is 1. The fraction of sp³-hybridized carbons (Fsp3) is 0.385. The Labute approximate surface area is 140 Å². The maximum atomic E-state index is 12.5. The molecule has 0 aromatic heterocycles. The molecule has 0 radical (unpaired) electrons. The number of carbonyl (C=O) groups is 2. The van der Waals surface area contributed by atoms with E-state index in [2.05, 4.69) is 0 Å². The molecule has 21 heavy (non-hydrogen) atoms. The van der Waals surface area contributed by atoms with Gasteiger partial charge in [-0.1, -0.05) is 11.6 Å². The van der Waals surface area contributed by atoms with Crippen LogP contribution in [0.1, 0.15) is 10.4 Å². The number of halogens is 2. The fourth-order valence-corrected chi connectivity index (χ4v) is 2.62. The molecule has 6 nitrogen and oxygen atoms in total. The van der Waals surface area contributed by atoms with Crippen LogP contribution in [0.4, 0.5) is 0 Å². The van der Waals surface area contributed by atoms with Crippen molar-refractivity contribution in [3.8, 4) is 5.75 Å². The average Bonchev–Trinajstić information content (AvgIpc) is 2.48. The Hall–Kier alpha value is -1.06. The van der Waals surface area contributed by atoms with Crippen molar-refractivity contribution in [3.63, 3.8) is 0 Å². The third kappa shape index (κ3) is 3.58. The van der Waals surface area contributed by atoms with Gasteiger partial charge in [0.25, 0.3) is 5.91 Å². The van der Waals surface area contributed by atoms with Gasteiger partial charge >= 0.3 is 5.97 Å². The van der Waals surface area contributed by atoms with Gasteiger partial charge in [-0.3, -0.25) is 4.79 Å². The van der Waals surface area contributed by atoms with Crippen molar-refractivity contribution >= 4 is 46.1 Å². The highest BCUT2D eigenvalue weighted by molar-refractivity contribution is 14.1. The summed E-state index contributed by atoms with van der Waals surface area (Å²) < 4.78 is 11.1. The molecule has 1 aliphatic rings. The Morgan fingerprint density at radius 1 is 1.52 bits per heavy atom. The molecule has 1 aromatic carbocycles. The van der Waals surface area contributed by atoms with E-state index in [1.54, 1.807) is 6.07 Å².